The van der Waals surface area contributed by atoms with E-state index >= 15 is 0 Å². The molecule has 28 heavy (non-hydrogen) atoms. The zero-order chi connectivity index (χ0) is 19.7. The highest BCUT2D eigenvalue weighted by Gasteiger charge is 2.24. The number of benzene rings is 2. The van der Waals surface area contributed by atoms with Crippen molar-refractivity contribution >= 4 is 23.2 Å². The van der Waals surface area contributed by atoms with E-state index in [1.165, 1.54) is 17.4 Å². The lowest BCUT2D eigenvalue weighted by Crippen LogP contribution is -2.35. The fraction of sp³-hybridized carbons (Fsp3) is 0.217. The summed E-state index contributed by atoms with van der Waals surface area (Å²) in [6, 6.07) is 14.9. The highest BCUT2D eigenvalue weighted by Crippen LogP contribution is 2.30. The Balaban J connectivity index is 1.62. The van der Waals surface area contributed by atoms with Gasteiger partial charge in [0.05, 0.1) is 6.26 Å². The van der Waals surface area contributed by atoms with E-state index in [1.807, 2.05) is 36.1 Å². The maximum absolute atomic E-state index is 13.2. The van der Waals surface area contributed by atoms with Gasteiger partial charge in [-0.2, -0.15) is 0 Å². The summed E-state index contributed by atoms with van der Waals surface area (Å²) in [6.07, 6.45) is 3.38. The SMILES string of the molecule is Cc1ccc2c(c1)CCCN2C(=O)c1ccc(C)c(NC(=O)c2ccco2)c1. The largest absolute Gasteiger partial charge is 0.459 e. The molecule has 0 radical (unpaired) electrons. The maximum atomic E-state index is 13.2. The van der Waals surface area contributed by atoms with Gasteiger partial charge in [-0.15, -0.1) is 0 Å². The fourth-order valence-corrected chi connectivity index (χ4v) is 3.57. The van der Waals surface area contributed by atoms with Gasteiger partial charge in [-0.25, -0.2) is 0 Å². The van der Waals surface area contributed by atoms with Crippen LogP contribution in [0.1, 0.15) is 44.0 Å². The fourth-order valence-electron chi connectivity index (χ4n) is 3.57. The Morgan fingerprint density at radius 1 is 1.07 bits per heavy atom. The Bertz CT molecular complexity index is 1040. The number of anilines is 2. The van der Waals surface area contributed by atoms with E-state index < -0.39 is 0 Å². The van der Waals surface area contributed by atoms with Crippen LogP contribution in [0.2, 0.25) is 0 Å². The lowest BCUT2D eigenvalue weighted by atomic mass is 9.98. The van der Waals surface area contributed by atoms with Gasteiger partial charge >= 0.3 is 0 Å². The van der Waals surface area contributed by atoms with Crippen molar-refractivity contribution in [2.75, 3.05) is 16.8 Å². The number of carbonyl (C=O) groups is 2. The molecule has 1 aromatic heterocycles. The number of fused-ring (bicyclic) bond motifs is 1. The molecule has 1 N–H and O–H groups in total. The van der Waals surface area contributed by atoms with Gasteiger partial charge in [0.1, 0.15) is 0 Å². The van der Waals surface area contributed by atoms with Gasteiger partial charge < -0.3 is 14.6 Å². The molecule has 1 aliphatic rings. The third-order valence-electron chi connectivity index (χ3n) is 5.08. The first-order valence-electron chi connectivity index (χ1n) is 9.40. The van der Waals surface area contributed by atoms with E-state index in [0.29, 0.717) is 17.8 Å². The van der Waals surface area contributed by atoms with Crippen LogP contribution < -0.4 is 10.2 Å². The predicted octanol–water partition coefficient (Wildman–Crippen LogP) is 4.74. The van der Waals surface area contributed by atoms with Crippen LogP contribution in [-0.2, 0) is 6.42 Å². The van der Waals surface area contributed by atoms with Crippen LogP contribution in [0, 0.1) is 13.8 Å². The number of aryl methyl sites for hydroxylation is 3. The average molecular weight is 374 g/mol. The molecule has 1 aliphatic heterocycles. The van der Waals surface area contributed by atoms with Gasteiger partial charge in [0.2, 0.25) is 0 Å². The van der Waals surface area contributed by atoms with Crippen molar-refractivity contribution in [2.45, 2.75) is 26.7 Å². The summed E-state index contributed by atoms with van der Waals surface area (Å²) in [4.78, 5) is 27.4. The molecule has 0 saturated heterocycles. The smallest absolute Gasteiger partial charge is 0.291 e. The lowest BCUT2D eigenvalue weighted by molar-refractivity contribution is 0.0979. The molecule has 4 rings (SSSR count). The average Bonchev–Trinajstić information content (AvgIpc) is 3.23. The number of nitrogens with zero attached hydrogens (tertiary/aromatic N) is 1. The standard InChI is InChI=1S/C23H22N2O3/c1-15-7-10-20-17(13-15)5-3-11-25(20)23(27)18-9-8-16(2)19(14-18)24-22(26)21-6-4-12-28-21/h4,6-10,12-14H,3,5,11H2,1-2H3,(H,24,26). The molecule has 0 unspecified atom stereocenters. The number of rotatable bonds is 3. The molecule has 0 bridgehead atoms. The highest BCUT2D eigenvalue weighted by molar-refractivity contribution is 6.08. The monoisotopic (exact) mass is 374 g/mol. The van der Waals surface area contributed by atoms with Gasteiger partial charge in [0, 0.05) is 23.5 Å². The van der Waals surface area contributed by atoms with Crippen molar-refractivity contribution in [1.82, 2.24) is 0 Å². The third kappa shape index (κ3) is 3.43. The minimum atomic E-state index is -0.337. The van der Waals surface area contributed by atoms with Crippen LogP contribution >= 0.6 is 0 Å². The van der Waals surface area contributed by atoms with Crippen LogP contribution in [0.25, 0.3) is 0 Å². The first-order valence-corrected chi connectivity index (χ1v) is 9.40. The Hall–Kier alpha value is -3.34. The maximum Gasteiger partial charge on any atom is 0.291 e. The van der Waals surface area contributed by atoms with Crippen molar-refractivity contribution in [2.24, 2.45) is 0 Å². The molecule has 3 aromatic rings. The van der Waals surface area contributed by atoms with Crippen LogP contribution in [0.15, 0.2) is 59.2 Å². The molecule has 2 aromatic carbocycles. The summed E-state index contributed by atoms with van der Waals surface area (Å²) in [7, 11) is 0. The van der Waals surface area contributed by atoms with E-state index in [4.69, 9.17) is 4.42 Å². The molecular formula is C23H22N2O3. The molecule has 0 atom stereocenters. The second kappa shape index (κ2) is 7.35. The minimum Gasteiger partial charge on any atom is -0.459 e. The van der Waals surface area contributed by atoms with Crippen LogP contribution in [-0.4, -0.2) is 18.4 Å². The van der Waals surface area contributed by atoms with E-state index in [-0.39, 0.29) is 17.6 Å². The van der Waals surface area contributed by atoms with Crippen molar-refractivity contribution in [3.63, 3.8) is 0 Å². The second-order valence-corrected chi connectivity index (χ2v) is 7.15. The summed E-state index contributed by atoms with van der Waals surface area (Å²) in [5, 5.41) is 2.83. The molecular weight excluding hydrogens is 352 g/mol. The Kier molecular flexibility index (Phi) is 4.74. The minimum absolute atomic E-state index is 0.0571. The molecule has 0 fully saturated rings. The van der Waals surface area contributed by atoms with Crippen molar-refractivity contribution in [3.05, 3.63) is 82.8 Å². The van der Waals surface area contributed by atoms with E-state index in [2.05, 4.69) is 18.3 Å². The number of furan rings is 1. The highest BCUT2D eigenvalue weighted by atomic mass is 16.3. The zero-order valence-corrected chi connectivity index (χ0v) is 16.0. The van der Waals surface area contributed by atoms with Gasteiger partial charge in [-0.05, 0) is 68.1 Å². The molecule has 5 heteroatoms. The van der Waals surface area contributed by atoms with Crippen molar-refractivity contribution in [3.8, 4) is 0 Å². The van der Waals surface area contributed by atoms with Crippen molar-refractivity contribution in [1.29, 1.82) is 0 Å². The molecule has 0 saturated carbocycles. The summed E-state index contributed by atoms with van der Waals surface area (Å²) >= 11 is 0. The number of hydrogen-bond acceptors (Lipinski definition) is 3. The van der Waals surface area contributed by atoms with Gasteiger partial charge in [-0.1, -0.05) is 23.8 Å². The summed E-state index contributed by atoms with van der Waals surface area (Å²) in [6.45, 7) is 4.65. The first kappa shape index (κ1) is 18.0. The number of hydrogen-bond donors (Lipinski definition) is 1. The summed E-state index contributed by atoms with van der Waals surface area (Å²) in [5.74, 6) is -0.161. The Labute approximate surface area is 164 Å². The first-order chi connectivity index (χ1) is 13.5. The second-order valence-electron chi connectivity index (χ2n) is 7.15. The van der Waals surface area contributed by atoms with Crippen LogP contribution in [0.5, 0.6) is 0 Å². The normalized spacial score (nSPS) is 13.1. The summed E-state index contributed by atoms with van der Waals surface area (Å²) < 4.78 is 5.14. The Morgan fingerprint density at radius 3 is 2.71 bits per heavy atom. The van der Waals surface area contributed by atoms with Gasteiger partial charge in [0.15, 0.2) is 5.76 Å². The van der Waals surface area contributed by atoms with E-state index in [0.717, 1.165) is 24.1 Å². The number of nitrogens with one attached hydrogen (secondary N) is 1. The molecule has 2 amide bonds. The predicted molar refractivity (Wildman–Crippen MR) is 109 cm³/mol. The van der Waals surface area contributed by atoms with Gasteiger partial charge in [0.25, 0.3) is 11.8 Å². The summed E-state index contributed by atoms with van der Waals surface area (Å²) in [5.41, 5.74) is 5.42. The topological polar surface area (TPSA) is 62.6 Å². The Morgan fingerprint density at radius 2 is 1.93 bits per heavy atom. The zero-order valence-electron chi connectivity index (χ0n) is 16.0. The van der Waals surface area contributed by atoms with Crippen molar-refractivity contribution < 1.29 is 14.0 Å². The van der Waals surface area contributed by atoms with E-state index in [1.54, 1.807) is 18.2 Å². The molecule has 0 aliphatic carbocycles. The quantitative estimate of drug-likeness (QED) is 0.720. The molecule has 5 nitrogen and oxygen atoms in total. The van der Waals surface area contributed by atoms with Crippen LogP contribution in [0.3, 0.4) is 0 Å². The number of amides is 2. The van der Waals surface area contributed by atoms with Crippen LogP contribution in [0.4, 0.5) is 11.4 Å². The lowest BCUT2D eigenvalue weighted by Gasteiger charge is -2.30. The molecule has 2 heterocycles. The molecule has 142 valence electrons. The van der Waals surface area contributed by atoms with E-state index in [9.17, 15) is 9.59 Å². The molecule has 0 spiro atoms. The third-order valence-corrected chi connectivity index (χ3v) is 5.08. The number of carbonyl (C=O) groups excluding carboxylic acids is 2. The van der Waals surface area contributed by atoms with Gasteiger partial charge in [-0.3, -0.25) is 9.59 Å².